The second-order valence-electron chi connectivity index (χ2n) is 11.0. The normalized spacial score (nSPS) is 31.1. The van der Waals surface area contributed by atoms with Gasteiger partial charge < -0.3 is 50.0 Å². The number of nitrogens with zero attached hydrogens (tertiary/aromatic N) is 7. The first kappa shape index (κ1) is 35.2. The molecule has 0 saturated carbocycles. The zero-order valence-electron chi connectivity index (χ0n) is 25.1. The molecule has 6 rings (SSSR count). The zero-order valence-corrected chi connectivity index (χ0v) is 28.6. The Labute approximate surface area is 280 Å². The van der Waals surface area contributed by atoms with Crippen molar-refractivity contribution in [2.45, 2.75) is 60.2 Å². The second-order valence-corrected chi connectivity index (χ2v) is 16.0. The third-order valence-electron chi connectivity index (χ3n) is 8.06. The molecule has 9 N–H and O–H groups in total. The van der Waals surface area contributed by atoms with Crippen LogP contribution in [0.3, 0.4) is 0 Å². The molecule has 2 fully saturated rings. The number of hydrogen-bond acceptors (Lipinski definition) is 18. The molecule has 48 heavy (non-hydrogen) atoms. The zero-order chi connectivity index (χ0) is 34.5. The number of H-pyrrole nitrogens is 1. The van der Waals surface area contributed by atoms with E-state index in [0.29, 0.717) is 11.2 Å². The number of aliphatic hydroxyl groups excluding tert-OH is 2. The predicted octanol–water partition coefficient (Wildman–Crippen LogP) is -0.830. The molecule has 2 aliphatic rings. The number of methoxy groups -OCH3 is 1. The van der Waals surface area contributed by atoms with Crippen LogP contribution in [0, 0.1) is 0 Å². The number of aromatic nitrogens is 8. The van der Waals surface area contributed by atoms with Gasteiger partial charge in [0.05, 0.1) is 42.8 Å². The van der Waals surface area contributed by atoms with Crippen LogP contribution in [-0.4, -0.2) is 115 Å². The Hall–Kier alpha value is -2.63. The van der Waals surface area contributed by atoms with Gasteiger partial charge in [-0.2, -0.15) is 4.98 Å². The molecule has 0 aromatic carbocycles. The summed E-state index contributed by atoms with van der Waals surface area (Å²) in [5.41, 5.74) is 10.4. The van der Waals surface area contributed by atoms with Gasteiger partial charge in [0.15, 0.2) is 28.9 Å². The molecule has 10 atom stereocenters. The minimum atomic E-state index is -4.14. The molecule has 0 radical (unpaired) electrons. The molecule has 0 spiro atoms. The summed E-state index contributed by atoms with van der Waals surface area (Å²) in [6.45, 7) is -3.28. The number of anilines is 2. The highest BCUT2D eigenvalue weighted by molar-refractivity contribution is 8.07. The minimum Gasteiger partial charge on any atom is -0.395 e. The largest absolute Gasteiger partial charge is 0.395 e. The maximum atomic E-state index is 12.3. The number of ether oxygens (including phenoxy) is 2. The quantitative estimate of drug-likeness (QED) is 0.0869. The molecule has 2 aliphatic heterocycles. The lowest BCUT2D eigenvalue weighted by Gasteiger charge is -2.31. The van der Waals surface area contributed by atoms with Gasteiger partial charge in [-0.15, -0.1) is 11.8 Å². The Morgan fingerprint density at radius 3 is 2.62 bits per heavy atom. The third kappa shape index (κ3) is 6.51. The maximum absolute atomic E-state index is 12.3. The van der Waals surface area contributed by atoms with E-state index in [9.17, 15) is 29.4 Å². The van der Waals surface area contributed by atoms with Crippen LogP contribution >= 0.6 is 26.7 Å². The molecule has 6 heterocycles. The van der Waals surface area contributed by atoms with Gasteiger partial charge >= 0.3 is 15.0 Å². The summed E-state index contributed by atoms with van der Waals surface area (Å²) in [7, 11) is -2.12. The molecule has 0 bridgehead atoms. The summed E-state index contributed by atoms with van der Waals surface area (Å²) in [5, 5.41) is 19.3. The molecule has 4 aromatic rings. The highest BCUT2D eigenvalue weighted by atomic mass is 32.5. The van der Waals surface area contributed by atoms with E-state index in [4.69, 9.17) is 46.3 Å². The Kier molecular flexibility index (Phi) is 9.97. The number of nitrogen functional groups attached to an aromatic ring is 2. The highest BCUT2D eigenvalue weighted by Gasteiger charge is 2.55. The smallest absolute Gasteiger partial charge is 0.324 e. The van der Waals surface area contributed by atoms with Crippen LogP contribution in [0.5, 0.6) is 0 Å². The average Bonchev–Trinajstić information content (AvgIpc) is 3.77. The Balaban J connectivity index is 1.21. The van der Waals surface area contributed by atoms with Gasteiger partial charge in [0, 0.05) is 13.5 Å². The van der Waals surface area contributed by atoms with Crippen molar-refractivity contribution in [3.63, 3.8) is 0 Å². The fourth-order valence-corrected chi connectivity index (χ4v) is 9.36. The maximum Gasteiger partial charge on any atom is 0.324 e. The Morgan fingerprint density at radius 1 is 1.19 bits per heavy atom. The van der Waals surface area contributed by atoms with Crippen LogP contribution in [-0.2, 0) is 39.4 Å². The van der Waals surface area contributed by atoms with E-state index in [1.54, 1.807) is 6.92 Å². The lowest BCUT2D eigenvalue weighted by Crippen LogP contribution is -2.43. The molecule has 0 aliphatic carbocycles. The van der Waals surface area contributed by atoms with Crippen molar-refractivity contribution in [2.75, 3.05) is 31.8 Å². The van der Waals surface area contributed by atoms with E-state index in [-0.39, 0.29) is 36.0 Å². The fraction of sp³-hybridized carbons (Fsp3) is 0.565. The predicted molar refractivity (Wildman–Crippen MR) is 173 cm³/mol. The number of rotatable bonds is 12. The molecular formula is C23H32N10O11P2S2. The number of thioether (sulfide) groups is 1. The Morgan fingerprint density at radius 2 is 1.92 bits per heavy atom. The molecule has 2 unspecified atom stereocenters. The number of hydrogen-bond donors (Lipinski definition) is 7. The first-order chi connectivity index (χ1) is 22.8. The van der Waals surface area contributed by atoms with E-state index in [1.807, 2.05) is 0 Å². The van der Waals surface area contributed by atoms with Crippen molar-refractivity contribution >= 4 is 72.6 Å². The van der Waals surface area contributed by atoms with E-state index >= 15 is 0 Å². The van der Waals surface area contributed by atoms with Crippen molar-refractivity contribution < 1.29 is 47.6 Å². The molecule has 2 saturated heterocycles. The molecule has 0 amide bonds. The van der Waals surface area contributed by atoms with Crippen molar-refractivity contribution in [1.82, 2.24) is 39.0 Å². The first-order valence-electron chi connectivity index (χ1n) is 14.1. The Bertz CT molecular complexity index is 1950. The molecular weight excluding hydrogens is 718 g/mol. The van der Waals surface area contributed by atoms with Crippen LogP contribution in [0.4, 0.5) is 11.8 Å². The standard InChI is InChI=1S/C23H32N10O11P2S2/c1-23(15(43-45(37)38)14(40-2)20(42-23)32-7-28-10-16(24)26-6-27-17(10)32)3-4-41-46(39,47)44-13-12(35)9(5-34)48-21(13)33-8-29-11-18(33)30-22(25)31-19(11)36/h6-9,12-15,20-21,34-35,45H,3-5H2,1-2H3,(H,37,38)(H,39,47)(H2,24,26,27)(H3,25,30,31,36)/t9-,12-,13-,14-,15+,20-,21-,23-,46?/m1/s1. The number of imidazole rings is 2. The van der Waals surface area contributed by atoms with Crippen LogP contribution in [0.15, 0.2) is 23.8 Å². The van der Waals surface area contributed by atoms with Gasteiger partial charge in [-0.3, -0.25) is 28.0 Å². The van der Waals surface area contributed by atoms with Gasteiger partial charge in [-0.05, 0) is 18.7 Å². The molecule has 21 nitrogen and oxygen atoms in total. The molecule has 4 aromatic heterocycles. The van der Waals surface area contributed by atoms with Gasteiger partial charge in [-0.1, -0.05) is 0 Å². The van der Waals surface area contributed by atoms with Crippen molar-refractivity contribution in [3.8, 4) is 0 Å². The van der Waals surface area contributed by atoms with Crippen molar-refractivity contribution in [1.29, 1.82) is 0 Å². The van der Waals surface area contributed by atoms with Gasteiger partial charge in [-0.25, -0.2) is 19.9 Å². The number of aromatic amines is 1. The lowest BCUT2D eigenvalue weighted by molar-refractivity contribution is -0.0988. The summed E-state index contributed by atoms with van der Waals surface area (Å²) >= 11 is 6.40. The van der Waals surface area contributed by atoms with Crippen LogP contribution in [0.1, 0.15) is 24.9 Å². The van der Waals surface area contributed by atoms with E-state index < -0.39 is 74.0 Å². The number of fused-ring (bicyclic) bond motifs is 2. The molecule has 262 valence electrons. The lowest BCUT2D eigenvalue weighted by atomic mass is 9.94. The monoisotopic (exact) mass is 750 g/mol. The number of aliphatic hydroxyl groups is 2. The summed E-state index contributed by atoms with van der Waals surface area (Å²) in [6, 6.07) is 0. The van der Waals surface area contributed by atoms with E-state index in [2.05, 4.69) is 29.9 Å². The van der Waals surface area contributed by atoms with Crippen molar-refractivity contribution in [2.24, 2.45) is 0 Å². The van der Waals surface area contributed by atoms with Gasteiger partial charge in [0.2, 0.25) is 5.95 Å². The second kappa shape index (κ2) is 13.6. The summed E-state index contributed by atoms with van der Waals surface area (Å²) in [6.07, 6.45) is -1.70. The SMILES string of the molecule is CO[C@H]1[C@H](n2cnc3c(N)ncnc32)O[C@](C)(CCOP(O)(=S)O[C@@H]2[C@H](O)[C@@H](CO)S[C@H]2n2cnc3c(=O)[nH]c(N)nc32)[C@H]1O[PH](=O)O. The van der Waals surface area contributed by atoms with Gasteiger partial charge in [0.1, 0.15) is 35.5 Å². The molecule has 25 heteroatoms. The number of nitrogens with one attached hydrogen (secondary N) is 1. The van der Waals surface area contributed by atoms with Gasteiger partial charge in [0.25, 0.3) is 5.56 Å². The van der Waals surface area contributed by atoms with Crippen molar-refractivity contribution in [3.05, 3.63) is 29.3 Å². The average molecular weight is 751 g/mol. The minimum absolute atomic E-state index is 0.0236. The summed E-state index contributed by atoms with van der Waals surface area (Å²) in [5.74, 6) is -0.0325. The third-order valence-corrected chi connectivity index (χ3v) is 11.7. The topological polar surface area (TPSA) is 303 Å². The van der Waals surface area contributed by atoms with Crippen LogP contribution < -0.4 is 17.0 Å². The van der Waals surface area contributed by atoms with Crippen LogP contribution in [0.25, 0.3) is 22.3 Å². The van der Waals surface area contributed by atoms with E-state index in [1.165, 1.54) is 35.2 Å². The van der Waals surface area contributed by atoms with Crippen LogP contribution in [0.2, 0.25) is 0 Å². The fourth-order valence-electron chi connectivity index (χ4n) is 5.80. The first-order valence-corrected chi connectivity index (χ1v) is 18.9. The van der Waals surface area contributed by atoms with E-state index in [0.717, 1.165) is 11.8 Å². The number of nitrogens with two attached hydrogens (primary N) is 2. The highest BCUT2D eigenvalue weighted by Crippen LogP contribution is 2.54. The summed E-state index contributed by atoms with van der Waals surface area (Å²) < 4.78 is 43.8. The summed E-state index contributed by atoms with van der Waals surface area (Å²) in [4.78, 5) is 56.2.